The molecule has 0 bridgehead atoms. The van der Waals surface area contributed by atoms with Gasteiger partial charge in [0.1, 0.15) is 11.6 Å². The number of Topliss-reactive ketones (excluding diaryl/α,β-unsaturated/α-hetero) is 2. The van der Waals surface area contributed by atoms with Gasteiger partial charge < -0.3 is 15.6 Å². The number of amides is 1. The highest BCUT2D eigenvalue weighted by Crippen LogP contribution is 1.74. The van der Waals surface area contributed by atoms with Gasteiger partial charge in [-0.2, -0.15) is 0 Å². The smallest absolute Gasteiger partial charge is 0.240 e. The van der Waals surface area contributed by atoms with Crippen LogP contribution in [0.15, 0.2) is 12.7 Å². The maximum atomic E-state index is 9.88. The van der Waals surface area contributed by atoms with Crippen molar-refractivity contribution in [2.75, 3.05) is 6.61 Å². The summed E-state index contributed by atoms with van der Waals surface area (Å²) in [4.78, 5) is 28.8. The van der Waals surface area contributed by atoms with E-state index in [0.717, 1.165) is 6.08 Å². The van der Waals surface area contributed by atoms with Gasteiger partial charge in [-0.05, 0) is 26.8 Å². The van der Waals surface area contributed by atoms with Crippen LogP contribution in [0.2, 0.25) is 0 Å². The molecule has 0 heterocycles. The lowest BCUT2D eigenvalue weighted by Crippen LogP contribution is -2.04. The summed E-state index contributed by atoms with van der Waals surface area (Å²) in [6.45, 7) is 7.58. The van der Waals surface area contributed by atoms with Gasteiger partial charge in [0.05, 0.1) is 0 Å². The molecular weight excluding hydrogens is 198 g/mol. The maximum Gasteiger partial charge on any atom is 0.240 e. The Hall–Kier alpha value is -1.49. The highest BCUT2D eigenvalue weighted by Gasteiger charge is 1.84. The van der Waals surface area contributed by atoms with Crippen LogP contribution in [-0.2, 0) is 14.4 Å². The molecule has 0 atom stereocenters. The second-order valence-corrected chi connectivity index (χ2v) is 2.69. The number of hydrogen-bond donors (Lipinski definition) is 2. The molecule has 0 fully saturated rings. The molecule has 5 heteroatoms. The van der Waals surface area contributed by atoms with Gasteiger partial charge in [-0.15, -0.1) is 0 Å². The number of carbonyl (C=O) groups is 3. The third-order valence-corrected chi connectivity index (χ3v) is 0.665. The van der Waals surface area contributed by atoms with Crippen LogP contribution in [0.3, 0.4) is 0 Å². The Kier molecular flexibility index (Phi) is 19.1. The van der Waals surface area contributed by atoms with Crippen molar-refractivity contribution in [3.8, 4) is 0 Å². The van der Waals surface area contributed by atoms with E-state index in [2.05, 4.69) is 12.3 Å². The molecule has 0 saturated carbocycles. The predicted octanol–water partition coefficient (Wildman–Crippen LogP) is 0.211. The first-order chi connectivity index (χ1) is 6.77. The summed E-state index contributed by atoms with van der Waals surface area (Å²) in [6, 6.07) is 0. The number of primary amides is 1. The fourth-order valence-corrected chi connectivity index (χ4v) is 0.157. The van der Waals surface area contributed by atoms with Crippen molar-refractivity contribution in [1.82, 2.24) is 0 Å². The van der Waals surface area contributed by atoms with E-state index in [4.69, 9.17) is 5.11 Å². The molecule has 0 spiro atoms. The van der Waals surface area contributed by atoms with Gasteiger partial charge in [0.25, 0.3) is 0 Å². The lowest BCUT2D eigenvalue weighted by atomic mass is 10.3. The van der Waals surface area contributed by atoms with Crippen molar-refractivity contribution in [2.45, 2.75) is 27.2 Å². The minimum atomic E-state index is -0.481. The first-order valence-electron chi connectivity index (χ1n) is 4.27. The Morgan fingerprint density at radius 2 is 1.53 bits per heavy atom. The third-order valence-electron chi connectivity index (χ3n) is 0.665. The van der Waals surface area contributed by atoms with Crippen molar-refractivity contribution >= 4 is 17.5 Å². The van der Waals surface area contributed by atoms with Crippen LogP contribution in [0, 0.1) is 0 Å². The fourth-order valence-electron chi connectivity index (χ4n) is 0.157. The molecule has 0 aliphatic heterocycles. The van der Waals surface area contributed by atoms with E-state index in [1.807, 2.05) is 0 Å². The van der Waals surface area contributed by atoms with Crippen LogP contribution < -0.4 is 5.73 Å². The molecular formula is C10H19NO4. The maximum absolute atomic E-state index is 9.88. The Bertz CT molecular complexity index is 207. The summed E-state index contributed by atoms with van der Waals surface area (Å²) in [7, 11) is 0. The molecule has 0 saturated heterocycles. The minimum Gasteiger partial charge on any atom is -0.396 e. The number of hydrogen-bond acceptors (Lipinski definition) is 4. The number of aliphatic hydroxyl groups excluding tert-OH is 1. The summed E-state index contributed by atoms with van der Waals surface area (Å²) in [5.41, 5.74) is 4.53. The molecule has 0 aliphatic rings. The van der Waals surface area contributed by atoms with Crippen LogP contribution in [0.5, 0.6) is 0 Å². The largest absolute Gasteiger partial charge is 0.396 e. The summed E-state index contributed by atoms with van der Waals surface area (Å²) in [5.74, 6) is -0.275. The molecule has 3 N–H and O–H groups in total. The van der Waals surface area contributed by atoms with Gasteiger partial charge in [0.2, 0.25) is 5.91 Å². The summed E-state index contributed by atoms with van der Waals surface area (Å²) >= 11 is 0. The molecule has 88 valence electrons. The monoisotopic (exact) mass is 217 g/mol. The topological polar surface area (TPSA) is 97.5 Å². The average Bonchev–Trinajstić information content (AvgIpc) is 2.03. The quantitative estimate of drug-likeness (QED) is 0.660. The Morgan fingerprint density at radius 1 is 1.27 bits per heavy atom. The lowest BCUT2D eigenvalue weighted by Gasteiger charge is -1.80. The van der Waals surface area contributed by atoms with Gasteiger partial charge in [-0.3, -0.25) is 9.59 Å². The highest BCUT2D eigenvalue weighted by molar-refractivity contribution is 5.84. The van der Waals surface area contributed by atoms with Crippen molar-refractivity contribution in [3.05, 3.63) is 12.7 Å². The predicted molar refractivity (Wildman–Crippen MR) is 58.1 cm³/mol. The summed E-state index contributed by atoms with van der Waals surface area (Å²) < 4.78 is 0. The van der Waals surface area contributed by atoms with Crippen LogP contribution >= 0.6 is 0 Å². The average molecular weight is 217 g/mol. The van der Waals surface area contributed by atoms with Gasteiger partial charge in [-0.25, -0.2) is 0 Å². The van der Waals surface area contributed by atoms with E-state index >= 15 is 0 Å². The van der Waals surface area contributed by atoms with Crippen molar-refractivity contribution < 1.29 is 19.5 Å². The molecule has 1 amide bonds. The number of rotatable bonds is 3. The van der Waals surface area contributed by atoms with Crippen LogP contribution in [0.4, 0.5) is 0 Å². The van der Waals surface area contributed by atoms with Gasteiger partial charge >= 0.3 is 0 Å². The Labute approximate surface area is 90.0 Å². The first-order valence-corrected chi connectivity index (χ1v) is 4.27. The zero-order valence-electron chi connectivity index (χ0n) is 9.45. The van der Waals surface area contributed by atoms with E-state index in [1.165, 1.54) is 20.8 Å². The number of carbonyl (C=O) groups excluding carboxylic acids is 3. The number of nitrogens with two attached hydrogens (primary N) is 1. The van der Waals surface area contributed by atoms with Gasteiger partial charge in [-0.1, -0.05) is 6.58 Å². The zero-order chi connectivity index (χ0) is 12.9. The summed E-state index contributed by atoms with van der Waals surface area (Å²) in [5, 5.41) is 8.02. The molecule has 0 aromatic carbocycles. The first kappa shape index (κ1) is 19.1. The minimum absolute atomic E-state index is 0.0185. The van der Waals surface area contributed by atoms with Gasteiger partial charge in [0, 0.05) is 13.0 Å². The van der Waals surface area contributed by atoms with Crippen LogP contribution in [-0.4, -0.2) is 29.2 Å². The lowest BCUT2D eigenvalue weighted by molar-refractivity contribution is -0.117. The highest BCUT2D eigenvalue weighted by atomic mass is 16.3. The van der Waals surface area contributed by atoms with Crippen LogP contribution in [0.25, 0.3) is 0 Å². The fraction of sp³-hybridized carbons (Fsp3) is 0.500. The normalized spacial score (nSPS) is 7.20. The molecule has 0 rings (SSSR count). The van der Waals surface area contributed by atoms with Crippen LogP contribution in [0.1, 0.15) is 27.2 Å². The van der Waals surface area contributed by atoms with E-state index < -0.39 is 5.91 Å². The Morgan fingerprint density at radius 3 is 1.53 bits per heavy atom. The second kappa shape index (κ2) is 15.0. The van der Waals surface area contributed by atoms with E-state index in [-0.39, 0.29) is 18.2 Å². The zero-order valence-corrected chi connectivity index (χ0v) is 9.45. The second-order valence-electron chi connectivity index (χ2n) is 2.69. The molecule has 0 radical (unpaired) electrons. The summed E-state index contributed by atoms with van der Waals surface area (Å²) in [6.07, 6.45) is 1.35. The van der Waals surface area contributed by atoms with E-state index in [9.17, 15) is 14.4 Å². The van der Waals surface area contributed by atoms with Crippen molar-refractivity contribution in [1.29, 1.82) is 0 Å². The Balaban J connectivity index is -0.000000147. The molecule has 0 aromatic rings. The van der Waals surface area contributed by atoms with E-state index in [0.29, 0.717) is 6.42 Å². The van der Waals surface area contributed by atoms with E-state index in [1.54, 1.807) is 0 Å². The molecule has 0 unspecified atom stereocenters. The molecule has 5 nitrogen and oxygen atoms in total. The standard InChI is InChI=1S/C4H8O2.C3H5NO.C3H6O/c1-4(6)2-3-5;1-2-3(4)5;1-3(2)4/h5H,2-3H2,1H3;2H,1H2,(H2,4,5);1-2H3. The van der Waals surface area contributed by atoms with Gasteiger partial charge in [0.15, 0.2) is 0 Å². The number of aliphatic hydroxyl groups is 1. The molecule has 0 aliphatic carbocycles. The van der Waals surface area contributed by atoms with Crippen molar-refractivity contribution in [2.24, 2.45) is 5.73 Å². The third kappa shape index (κ3) is 112. The molecule has 0 aromatic heterocycles. The molecule has 15 heavy (non-hydrogen) atoms. The number of ketones is 2. The van der Waals surface area contributed by atoms with Crippen molar-refractivity contribution in [3.63, 3.8) is 0 Å². The SMILES string of the molecule is C=CC(N)=O.CC(=O)CCO.CC(C)=O.